The van der Waals surface area contributed by atoms with Gasteiger partial charge in [0.2, 0.25) is 5.91 Å². The van der Waals surface area contributed by atoms with E-state index in [2.05, 4.69) is 22.2 Å². The van der Waals surface area contributed by atoms with Crippen molar-refractivity contribution in [2.75, 3.05) is 13.1 Å². The maximum absolute atomic E-state index is 13.6. The van der Waals surface area contributed by atoms with E-state index in [1.54, 1.807) is 13.0 Å². The number of amides is 1. The summed E-state index contributed by atoms with van der Waals surface area (Å²) in [6, 6.07) is 2.75. The third kappa shape index (κ3) is 2.94. The quantitative estimate of drug-likeness (QED) is 0.650. The minimum absolute atomic E-state index is 0.0652. The first-order valence-electron chi connectivity index (χ1n) is 11.7. The van der Waals surface area contributed by atoms with E-state index in [1.807, 2.05) is 4.90 Å². The van der Waals surface area contributed by atoms with E-state index in [0.717, 1.165) is 36.4 Å². The van der Waals surface area contributed by atoms with Gasteiger partial charge in [0.1, 0.15) is 5.69 Å². The molecule has 32 heavy (non-hydrogen) atoms. The third-order valence-electron chi connectivity index (χ3n) is 8.34. The van der Waals surface area contributed by atoms with Crippen molar-refractivity contribution in [1.82, 2.24) is 19.5 Å². The van der Waals surface area contributed by atoms with E-state index >= 15 is 0 Å². The van der Waals surface area contributed by atoms with Crippen LogP contribution < -0.4 is 0 Å². The summed E-state index contributed by atoms with van der Waals surface area (Å²) in [5.41, 5.74) is 0.797. The molecule has 1 amide bonds. The Morgan fingerprint density at radius 2 is 2.06 bits per heavy atom. The SMILES string of the molecule is CCc1cc(C(F)(F)F)n2nc([C@H]3CCCN(C(=O)[C@@H]4C[C@H]5C=C[C@H]4C54CC4)C3)cc2n1. The number of likely N-dealkylation sites (tertiary alicyclic amines) is 1. The van der Waals surface area contributed by atoms with E-state index in [1.165, 1.54) is 12.8 Å². The van der Waals surface area contributed by atoms with Crippen LogP contribution in [-0.4, -0.2) is 38.5 Å². The number of rotatable bonds is 3. The number of nitrogens with zero attached hydrogens (tertiary/aromatic N) is 4. The molecule has 0 unspecified atom stereocenters. The van der Waals surface area contributed by atoms with Crippen LogP contribution in [0, 0.1) is 23.2 Å². The normalized spacial score (nSPS) is 30.6. The van der Waals surface area contributed by atoms with E-state index in [-0.39, 0.29) is 23.4 Å². The second-order valence-corrected chi connectivity index (χ2v) is 10.0. The smallest absolute Gasteiger partial charge is 0.342 e. The van der Waals surface area contributed by atoms with Gasteiger partial charge in [0.15, 0.2) is 5.65 Å². The van der Waals surface area contributed by atoms with Gasteiger partial charge in [-0.05, 0) is 61.8 Å². The minimum atomic E-state index is -4.50. The maximum Gasteiger partial charge on any atom is 0.433 e. The van der Waals surface area contributed by atoms with E-state index < -0.39 is 11.9 Å². The van der Waals surface area contributed by atoms with Crippen molar-refractivity contribution in [3.8, 4) is 0 Å². The first-order chi connectivity index (χ1) is 15.3. The Kier molecular flexibility index (Phi) is 4.31. The van der Waals surface area contributed by atoms with Crippen LogP contribution in [0.25, 0.3) is 5.65 Å². The molecule has 2 aromatic rings. The molecule has 5 nitrogen and oxygen atoms in total. The van der Waals surface area contributed by atoms with Gasteiger partial charge in [-0.3, -0.25) is 4.79 Å². The number of hydrogen-bond donors (Lipinski definition) is 0. The van der Waals surface area contributed by atoms with Crippen molar-refractivity contribution >= 4 is 11.6 Å². The van der Waals surface area contributed by atoms with Gasteiger partial charge < -0.3 is 4.90 Å². The van der Waals surface area contributed by atoms with Crippen molar-refractivity contribution in [2.45, 2.75) is 57.5 Å². The second kappa shape index (κ2) is 6.81. The molecule has 4 aliphatic rings. The number of halogens is 3. The van der Waals surface area contributed by atoms with Crippen LogP contribution in [0.15, 0.2) is 24.3 Å². The highest BCUT2D eigenvalue weighted by Gasteiger charge is 2.64. The fourth-order valence-electron chi connectivity index (χ4n) is 6.54. The Labute approximate surface area is 184 Å². The first-order valence-corrected chi connectivity index (χ1v) is 11.7. The molecule has 1 spiro atoms. The summed E-state index contributed by atoms with van der Waals surface area (Å²) in [5.74, 6) is 1.16. The van der Waals surface area contributed by atoms with Crippen LogP contribution in [0.2, 0.25) is 0 Å². The van der Waals surface area contributed by atoms with Crippen LogP contribution >= 0.6 is 0 Å². The van der Waals surface area contributed by atoms with Gasteiger partial charge in [0, 0.05) is 36.7 Å². The molecular formula is C24H27F3N4O. The topological polar surface area (TPSA) is 50.5 Å². The summed E-state index contributed by atoms with van der Waals surface area (Å²) < 4.78 is 41.8. The summed E-state index contributed by atoms with van der Waals surface area (Å²) >= 11 is 0. The second-order valence-electron chi connectivity index (χ2n) is 10.0. The highest BCUT2D eigenvalue weighted by Crippen LogP contribution is 2.70. The molecule has 6 rings (SSSR count). The van der Waals surface area contributed by atoms with Crippen molar-refractivity contribution in [3.63, 3.8) is 0 Å². The average molecular weight is 445 g/mol. The summed E-state index contributed by atoms with van der Waals surface area (Å²) in [7, 11) is 0. The molecule has 2 aromatic heterocycles. The lowest BCUT2D eigenvalue weighted by molar-refractivity contribution is -0.142. The van der Waals surface area contributed by atoms with Crippen molar-refractivity contribution < 1.29 is 18.0 Å². The molecule has 3 aliphatic carbocycles. The van der Waals surface area contributed by atoms with Gasteiger partial charge in [-0.1, -0.05) is 19.1 Å². The maximum atomic E-state index is 13.6. The van der Waals surface area contributed by atoms with E-state index in [9.17, 15) is 18.0 Å². The molecule has 3 fully saturated rings. The Balaban J connectivity index is 1.26. The molecular weight excluding hydrogens is 417 g/mol. The molecule has 8 heteroatoms. The molecule has 1 aliphatic heterocycles. The summed E-state index contributed by atoms with van der Waals surface area (Å²) in [4.78, 5) is 19.7. The number of aromatic nitrogens is 3. The highest BCUT2D eigenvalue weighted by atomic mass is 19.4. The fraction of sp³-hybridized carbons (Fsp3) is 0.625. The highest BCUT2D eigenvalue weighted by molar-refractivity contribution is 5.81. The Hall–Kier alpha value is -2.38. The van der Waals surface area contributed by atoms with Crippen LogP contribution in [0.4, 0.5) is 13.2 Å². The van der Waals surface area contributed by atoms with Crippen molar-refractivity contribution in [2.24, 2.45) is 23.2 Å². The van der Waals surface area contributed by atoms with Crippen LogP contribution in [-0.2, 0) is 17.4 Å². The standard InChI is InChI=1S/C24H27F3N4O/c1-2-16-11-20(24(25,26)27)31-21(28-16)12-19(29-31)14-4-3-9-30(13-14)22(32)17-10-15-5-6-18(17)23(15)7-8-23/h5-6,11-12,14-15,17-18H,2-4,7-10,13H2,1H3/t14-,15+,17+,18+/m0/s1. The van der Waals surface area contributed by atoms with Gasteiger partial charge in [0.25, 0.3) is 0 Å². The number of carbonyl (C=O) groups excluding carboxylic acids is 1. The lowest BCUT2D eigenvalue weighted by atomic mass is 9.87. The zero-order valence-electron chi connectivity index (χ0n) is 18.1. The lowest BCUT2D eigenvalue weighted by Crippen LogP contribution is -2.43. The van der Waals surface area contributed by atoms with Gasteiger partial charge in [0.05, 0.1) is 5.69 Å². The van der Waals surface area contributed by atoms with Crippen molar-refractivity contribution in [1.29, 1.82) is 0 Å². The number of carbonyl (C=O) groups is 1. The Morgan fingerprint density at radius 3 is 2.75 bits per heavy atom. The molecule has 2 saturated carbocycles. The van der Waals surface area contributed by atoms with E-state index in [0.29, 0.717) is 41.6 Å². The molecule has 0 radical (unpaired) electrons. The molecule has 3 heterocycles. The van der Waals surface area contributed by atoms with Crippen LogP contribution in [0.5, 0.6) is 0 Å². The van der Waals surface area contributed by atoms with E-state index in [4.69, 9.17) is 0 Å². The van der Waals surface area contributed by atoms with Gasteiger partial charge >= 0.3 is 6.18 Å². The largest absolute Gasteiger partial charge is 0.433 e. The number of hydrogen-bond acceptors (Lipinski definition) is 3. The van der Waals surface area contributed by atoms with Crippen LogP contribution in [0.1, 0.15) is 62.0 Å². The molecule has 2 bridgehead atoms. The predicted octanol–water partition coefficient (Wildman–Crippen LogP) is 4.62. The van der Waals surface area contributed by atoms with Crippen molar-refractivity contribution in [3.05, 3.63) is 41.4 Å². The molecule has 170 valence electrons. The molecule has 4 atom stereocenters. The zero-order valence-corrected chi connectivity index (χ0v) is 18.1. The number of allylic oxidation sites excluding steroid dienone is 2. The van der Waals surface area contributed by atoms with Crippen LogP contribution in [0.3, 0.4) is 0 Å². The van der Waals surface area contributed by atoms with Gasteiger partial charge in [-0.2, -0.15) is 18.3 Å². The summed E-state index contributed by atoms with van der Waals surface area (Å²) in [5, 5.41) is 4.33. The number of piperidine rings is 1. The average Bonchev–Trinajstić information content (AvgIpc) is 3.24. The fourth-order valence-corrected chi connectivity index (χ4v) is 6.54. The predicted molar refractivity (Wildman–Crippen MR) is 112 cm³/mol. The Bertz CT molecular complexity index is 1120. The lowest BCUT2D eigenvalue weighted by Gasteiger charge is -2.35. The minimum Gasteiger partial charge on any atom is -0.342 e. The number of fused-ring (bicyclic) bond motifs is 1. The van der Waals surface area contributed by atoms with Gasteiger partial charge in [-0.25, -0.2) is 9.50 Å². The van der Waals surface area contributed by atoms with Gasteiger partial charge in [-0.15, -0.1) is 0 Å². The summed E-state index contributed by atoms with van der Waals surface area (Å²) in [6.45, 7) is 3.03. The summed E-state index contributed by atoms with van der Waals surface area (Å²) in [6.07, 6.45) is 5.57. The first kappa shape index (κ1) is 20.2. The molecule has 1 saturated heterocycles. The molecule has 0 N–H and O–H groups in total. The number of alkyl halides is 3. The zero-order chi connectivity index (χ0) is 22.3. The monoisotopic (exact) mass is 444 g/mol. The third-order valence-corrected chi connectivity index (χ3v) is 8.34. The Morgan fingerprint density at radius 1 is 1.25 bits per heavy atom. The molecule has 0 aromatic carbocycles. The number of aryl methyl sites for hydroxylation is 1.